The highest BCUT2D eigenvalue weighted by molar-refractivity contribution is 7.84. The van der Waals surface area contributed by atoms with Gasteiger partial charge in [0.05, 0.1) is 6.04 Å². The first-order chi connectivity index (χ1) is 10.1. The van der Waals surface area contributed by atoms with E-state index in [0.717, 1.165) is 5.56 Å². The van der Waals surface area contributed by atoms with Crippen molar-refractivity contribution in [2.24, 2.45) is 0 Å². The Kier molecular flexibility index (Phi) is 4.99. The van der Waals surface area contributed by atoms with E-state index in [1.807, 2.05) is 30.3 Å². The van der Waals surface area contributed by atoms with Crippen LogP contribution < -0.4 is 11.1 Å². The SMILES string of the molecule is C[S@](=O)C[C@H](NC(=O)c1nccnc1N)c1ccccc1. The number of hydrogen-bond acceptors (Lipinski definition) is 5. The van der Waals surface area contributed by atoms with Crippen LogP contribution in [0.3, 0.4) is 0 Å². The van der Waals surface area contributed by atoms with Crippen molar-refractivity contribution in [1.82, 2.24) is 15.3 Å². The summed E-state index contributed by atoms with van der Waals surface area (Å²) >= 11 is 0. The van der Waals surface area contributed by atoms with Crippen LogP contribution >= 0.6 is 0 Å². The van der Waals surface area contributed by atoms with Crippen LogP contribution in [-0.4, -0.2) is 32.1 Å². The van der Waals surface area contributed by atoms with Gasteiger partial charge in [0.25, 0.3) is 5.91 Å². The smallest absolute Gasteiger partial charge is 0.274 e. The van der Waals surface area contributed by atoms with Crippen molar-refractivity contribution in [3.05, 3.63) is 54.0 Å². The molecule has 2 aromatic rings. The molecule has 0 fully saturated rings. The van der Waals surface area contributed by atoms with Crippen molar-refractivity contribution in [1.29, 1.82) is 0 Å². The van der Waals surface area contributed by atoms with Crippen LogP contribution in [0.15, 0.2) is 42.7 Å². The number of aromatic nitrogens is 2. The van der Waals surface area contributed by atoms with Crippen LogP contribution in [0, 0.1) is 0 Å². The van der Waals surface area contributed by atoms with Crippen LogP contribution in [0.5, 0.6) is 0 Å². The zero-order valence-corrected chi connectivity index (χ0v) is 12.3. The van der Waals surface area contributed by atoms with Crippen molar-refractivity contribution in [3.63, 3.8) is 0 Å². The lowest BCUT2D eigenvalue weighted by Crippen LogP contribution is -2.33. The molecule has 0 unspecified atom stereocenters. The van der Waals surface area contributed by atoms with E-state index in [-0.39, 0.29) is 17.6 Å². The Morgan fingerprint density at radius 3 is 2.57 bits per heavy atom. The second-order valence-corrected chi connectivity index (χ2v) is 5.95. The molecule has 0 spiro atoms. The quantitative estimate of drug-likeness (QED) is 0.855. The van der Waals surface area contributed by atoms with E-state index in [9.17, 15) is 9.00 Å². The van der Waals surface area contributed by atoms with Crippen molar-refractivity contribution in [2.75, 3.05) is 17.7 Å². The third-order valence-electron chi connectivity index (χ3n) is 2.85. The van der Waals surface area contributed by atoms with Crippen molar-refractivity contribution < 1.29 is 9.00 Å². The molecule has 1 aromatic carbocycles. The van der Waals surface area contributed by atoms with Gasteiger partial charge < -0.3 is 11.1 Å². The highest BCUT2D eigenvalue weighted by atomic mass is 32.2. The summed E-state index contributed by atoms with van der Waals surface area (Å²) < 4.78 is 11.5. The summed E-state index contributed by atoms with van der Waals surface area (Å²) in [4.78, 5) is 20.0. The van der Waals surface area contributed by atoms with E-state index in [2.05, 4.69) is 15.3 Å². The van der Waals surface area contributed by atoms with Crippen molar-refractivity contribution in [2.45, 2.75) is 6.04 Å². The zero-order chi connectivity index (χ0) is 15.2. The molecule has 1 amide bonds. The molecule has 2 rings (SSSR count). The number of nitrogens with one attached hydrogen (secondary N) is 1. The molecule has 0 aliphatic heterocycles. The summed E-state index contributed by atoms with van der Waals surface area (Å²) in [7, 11) is -1.06. The minimum absolute atomic E-state index is 0.0689. The van der Waals surface area contributed by atoms with Gasteiger partial charge in [-0.05, 0) is 5.56 Å². The minimum atomic E-state index is -1.06. The lowest BCUT2D eigenvalue weighted by Gasteiger charge is -2.18. The molecular formula is C14H16N4O2S. The van der Waals surface area contributed by atoms with Crippen LogP contribution in [0.2, 0.25) is 0 Å². The lowest BCUT2D eigenvalue weighted by molar-refractivity contribution is 0.0936. The molecule has 0 aliphatic rings. The van der Waals surface area contributed by atoms with E-state index in [1.54, 1.807) is 6.26 Å². The van der Waals surface area contributed by atoms with Crippen LogP contribution in [0.4, 0.5) is 5.82 Å². The number of rotatable bonds is 5. The first-order valence-electron chi connectivity index (χ1n) is 6.30. The number of nitrogens with two attached hydrogens (primary N) is 1. The summed E-state index contributed by atoms with van der Waals surface area (Å²) in [6.07, 6.45) is 4.42. The molecule has 0 bridgehead atoms. The minimum Gasteiger partial charge on any atom is -0.382 e. The second-order valence-electron chi connectivity index (χ2n) is 4.47. The molecule has 1 heterocycles. The van der Waals surface area contributed by atoms with Crippen LogP contribution in [-0.2, 0) is 10.8 Å². The number of carbonyl (C=O) groups is 1. The number of nitrogens with zero attached hydrogens (tertiary/aromatic N) is 2. The average Bonchev–Trinajstić information content (AvgIpc) is 2.47. The van der Waals surface area contributed by atoms with Crippen molar-refractivity contribution >= 4 is 22.5 Å². The average molecular weight is 304 g/mol. The Morgan fingerprint density at radius 2 is 1.95 bits per heavy atom. The zero-order valence-electron chi connectivity index (χ0n) is 11.5. The maximum Gasteiger partial charge on any atom is 0.274 e. The van der Waals surface area contributed by atoms with Gasteiger partial charge in [0.2, 0.25) is 0 Å². The number of nitrogen functional groups attached to an aromatic ring is 1. The molecule has 3 N–H and O–H groups in total. The van der Waals surface area contributed by atoms with Gasteiger partial charge in [-0.25, -0.2) is 9.97 Å². The topological polar surface area (TPSA) is 98.0 Å². The Morgan fingerprint density at radius 1 is 1.29 bits per heavy atom. The number of carbonyl (C=O) groups excluding carboxylic acids is 1. The van der Waals surface area contributed by atoms with Gasteiger partial charge in [0.15, 0.2) is 11.5 Å². The van der Waals surface area contributed by atoms with E-state index < -0.39 is 16.7 Å². The number of hydrogen-bond donors (Lipinski definition) is 2. The Labute approximate surface area is 125 Å². The van der Waals surface area contributed by atoms with Crippen molar-refractivity contribution in [3.8, 4) is 0 Å². The van der Waals surface area contributed by atoms with Crippen LogP contribution in [0.1, 0.15) is 22.1 Å². The molecule has 6 nitrogen and oxygen atoms in total. The van der Waals surface area contributed by atoms with Gasteiger partial charge in [-0.2, -0.15) is 0 Å². The number of anilines is 1. The molecular weight excluding hydrogens is 288 g/mol. The van der Waals surface area contributed by atoms with Gasteiger partial charge in [-0.1, -0.05) is 30.3 Å². The monoisotopic (exact) mass is 304 g/mol. The molecule has 0 saturated heterocycles. The fraction of sp³-hybridized carbons (Fsp3) is 0.214. The van der Waals surface area contributed by atoms with Gasteiger partial charge >= 0.3 is 0 Å². The fourth-order valence-corrected chi connectivity index (χ4v) is 2.64. The molecule has 2 atom stereocenters. The van der Waals surface area contributed by atoms with E-state index in [1.165, 1.54) is 12.4 Å². The predicted octanol–water partition coefficient (Wildman–Crippen LogP) is 0.908. The molecule has 0 radical (unpaired) electrons. The summed E-state index contributed by atoms with van der Waals surface area (Å²) in [6.45, 7) is 0. The summed E-state index contributed by atoms with van der Waals surface area (Å²) in [5.74, 6) is -0.0463. The summed E-state index contributed by atoms with van der Waals surface area (Å²) in [6, 6.07) is 8.99. The normalized spacial score (nSPS) is 13.4. The predicted molar refractivity (Wildman–Crippen MR) is 82.0 cm³/mol. The number of benzene rings is 1. The standard InChI is InChI=1S/C14H16N4O2S/c1-21(20)9-11(10-5-3-2-4-6-10)18-14(19)12-13(15)17-8-7-16-12/h2-8,11H,9H2,1H3,(H2,15,17)(H,18,19)/t11-,21-/m0/s1. The van der Waals surface area contributed by atoms with Gasteiger partial charge in [0, 0.05) is 35.2 Å². The molecule has 7 heteroatoms. The van der Waals surface area contributed by atoms with Gasteiger partial charge in [-0.15, -0.1) is 0 Å². The Hall–Kier alpha value is -2.28. The van der Waals surface area contributed by atoms with E-state index >= 15 is 0 Å². The molecule has 0 saturated carbocycles. The van der Waals surface area contributed by atoms with E-state index in [0.29, 0.717) is 5.75 Å². The van der Waals surface area contributed by atoms with E-state index in [4.69, 9.17) is 5.73 Å². The summed E-state index contributed by atoms with van der Waals surface area (Å²) in [5, 5.41) is 2.81. The number of amides is 1. The van der Waals surface area contributed by atoms with Gasteiger partial charge in [-0.3, -0.25) is 9.00 Å². The van der Waals surface area contributed by atoms with Crippen LogP contribution in [0.25, 0.3) is 0 Å². The first-order valence-corrected chi connectivity index (χ1v) is 8.03. The highest BCUT2D eigenvalue weighted by Gasteiger charge is 2.19. The third kappa shape index (κ3) is 4.09. The molecule has 110 valence electrons. The molecule has 0 aliphatic carbocycles. The summed E-state index contributed by atoms with van der Waals surface area (Å²) in [5.41, 5.74) is 6.59. The molecule has 1 aromatic heterocycles. The highest BCUT2D eigenvalue weighted by Crippen LogP contribution is 2.15. The van der Waals surface area contributed by atoms with Gasteiger partial charge in [0.1, 0.15) is 0 Å². The Bertz CT molecular complexity index is 648. The first kappa shape index (κ1) is 15.1. The maximum absolute atomic E-state index is 12.2. The molecule has 21 heavy (non-hydrogen) atoms. The largest absolute Gasteiger partial charge is 0.382 e. The third-order valence-corrected chi connectivity index (χ3v) is 3.65. The maximum atomic E-state index is 12.2. The Balaban J connectivity index is 2.21. The fourth-order valence-electron chi connectivity index (χ4n) is 1.89. The lowest BCUT2D eigenvalue weighted by atomic mass is 10.1. The second kappa shape index (κ2) is 6.94.